The quantitative estimate of drug-likeness (QED) is 0.0669. The molecule has 0 amide bonds. The summed E-state index contributed by atoms with van der Waals surface area (Å²) in [7, 11) is -7.77. The minimum Gasteiger partial charge on any atom is -0.870 e. The van der Waals surface area contributed by atoms with Gasteiger partial charge in [-0.15, -0.1) is 34.0 Å². The molecule has 6 heterocycles. The minimum atomic E-state index is -3.78. The van der Waals surface area contributed by atoms with Gasteiger partial charge in [0.1, 0.15) is 0 Å². The zero-order valence-corrected chi connectivity index (χ0v) is 59.3. The van der Waals surface area contributed by atoms with Crippen molar-refractivity contribution >= 4 is 181 Å². The third-order valence-electron chi connectivity index (χ3n) is 13.7. The van der Waals surface area contributed by atoms with E-state index in [1.807, 2.05) is 80.7 Å². The molecule has 5 N–H and O–H groups in total. The van der Waals surface area contributed by atoms with Crippen LogP contribution in [0.3, 0.4) is 0 Å². The summed E-state index contributed by atoms with van der Waals surface area (Å²) >= 11 is 6.89. The number of halogens is 1. The average molecular weight is 1580 g/mol. The number of hydrogen-bond acceptors (Lipinski definition) is 13. The summed E-state index contributed by atoms with van der Waals surface area (Å²) in [5.74, 6) is 0. The van der Waals surface area contributed by atoms with Gasteiger partial charge < -0.3 is 35.2 Å². The summed E-state index contributed by atoms with van der Waals surface area (Å²) in [5.41, 5.74) is 7.87. The largest absolute Gasteiger partial charge is 2.00 e. The molecule has 0 saturated heterocycles. The molecule has 0 aliphatic heterocycles. The number of hydrogen-bond donors (Lipinski definition) is 4. The third-order valence-corrected chi connectivity index (χ3v) is 21.4. The summed E-state index contributed by atoms with van der Waals surface area (Å²) in [6.45, 7) is 28.1. The fourth-order valence-electron chi connectivity index (χ4n) is 9.46. The molecule has 0 fully saturated rings. The first kappa shape index (κ1) is 83.1. The van der Waals surface area contributed by atoms with Crippen molar-refractivity contribution in [1.29, 1.82) is 0 Å². The number of aliphatic hydroxyl groups is 1. The second-order valence-electron chi connectivity index (χ2n) is 19.7. The van der Waals surface area contributed by atoms with Gasteiger partial charge in [0.05, 0.1) is 40.5 Å². The van der Waals surface area contributed by atoms with Crippen molar-refractivity contribution in [3.63, 3.8) is 0 Å². The molecule has 0 atom stereocenters. The average Bonchev–Trinajstić information content (AvgIpc) is 1.63. The Balaban J connectivity index is 0.000000330. The number of benzene rings is 8. The standard InChI is InChI=1S/C24H16N2O2S2.C17H10N2S.C16H11IN2O2S.C8H7BO2S.2C2H3O.CH4O.2CH4.Li.H2O.Pd/c1-16-7-10-19(11-8-16)30(27,28)26-15-21(20-14-18(25-2)9-12-22(20)26)24-13-17-5-3-4-6-23(17)29-24;1-18-12-6-7-15-13(9-12)14(10-19-15)17-8-11-4-2-3-5-16(11)20-17;1-11-3-6-13(7-4-11)22(20,21)19-10-15(17)14-9-12(18-2)5-8-16(14)19;10-9(11)8-5-6-3-1-2-4-7(6)12-8;2*1-2-3;1-2;;;;;/h3-15H,1H3;2-10,19H;3-10H,1H3;1-5,10-11H;2*1H3;2H,1H3;2*1H4;;1H2;/q;;;;2*-1;;;;+1;;+2/p-1. The molecule has 0 bridgehead atoms. The Hall–Kier alpha value is -8.14. The van der Waals surface area contributed by atoms with E-state index in [1.54, 1.807) is 126 Å². The Morgan fingerprint density at radius 1 is 0.515 bits per heavy atom. The molecule has 97 heavy (non-hydrogen) atoms. The van der Waals surface area contributed by atoms with Gasteiger partial charge in [-0.2, -0.15) is 13.8 Å². The van der Waals surface area contributed by atoms with E-state index in [4.69, 9.17) is 44.5 Å². The first-order valence-electron chi connectivity index (χ1n) is 27.5. The van der Waals surface area contributed by atoms with E-state index in [1.165, 1.54) is 66.2 Å². The van der Waals surface area contributed by atoms with Crippen molar-refractivity contribution in [1.82, 2.24) is 12.9 Å². The van der Waals surface area contributed by atoms with E-state index in [2.05, 4.69) is 84.6 Å². The number of carbonyl (C=O) groups excluding carboxylic acids is 2. The van der Waals surface area contributed by atoms with Crippen molar-refractivity contribution < 1.29 is 86.3 Å². The van der Waals surface area contributed by atoms with Gasteiger partial charge in [-0.3, -0.25) is 12.6 Å². The normalized spacial score (nSPS) is 10.1. The molecule has 8 aromatic carbocycles. The SMILES string of the molecule is C.C.CO.C[C-]=O.C[C-]=O.OB(O)c1cc2ccccc2s1.[C-]#[N+]c1ccc2[nH]cc(-c3cc4ccccc4s3)c2c1.[C-]#[N+]c1ccc2c(c1)c(-c1cc3ccccc3s1)cn2S(=O)(=O)c1ccc(C)cc1.[C-]#[N+]c1ccc2c(c1)c(I)cn2S(=O)(=O)c1ccc(C)cc1.[Li+].[OH-].[Pd+2]. The second-order valence-corrected chi connectivity index (χ2v) is 27.8. The summed E-state index contributed by atoms with van der Waals surface area (Å²) in [5, 5.41) is 30.9. The smallest absolute Gasteiger partial charge is 0.870 e. The predicted molar refractivity (Wildman–Crippen MR) is 401 cm³/mol. The Kier molecular flexibility index (Phi) is 32.7. The monoisotopic (exact) mass is 1580 g/mol. The number of aromatic nitrogens is 3. The van der Waals surface area contributed by atoms with Crippen LogP contribution in [0.15, 0.2) is 223 Å². The zero-order chi connectivity index (χ0) is 66.3. The number of nitrogens with one attached hydrogen (secondary N) is 1. The van der Waals surface area contributed by atoms with Crippen molar-refractivity contribution in [2.45, 2.75) is 52.3 Å². The number of aryl methyl sites for hydroxylation is 2. The van der Waals surface area contributed by atoms with E-state index < -0.39 is 27.2 Å². The minimum absolute atomic E-state index is 0. The number of thiophene rings is 3. The maximum absolute atomic E-state index is 13.4. The van der Waals surface area contributed by atoms with E-state index in [0.29, 0.717) is 32.9 Å². The summed E-state index contributed by atoms with van der Waals surface area (Å²) in [4.78, 5) is 33.8. The van der Waals surface area contributed by atoms with Gasteiger partial charge in [0, 0.05) is 79.9 Å². The van der Waals surface area contributed by atoms with Crippen LogP contribution in [0.1, 0.15) is 39.8 Å². The molecule has 0 unspecified atom stereocenters. The maximum atomic E-state index is 13.4. The molecule has 16 nitrogen and oxygen atoms in total. The van der Waals surface area contributed by atoms with Gasteiger partial charge in [0.25, 0.3) is 20.0 Å². The van der Waals surface area contributed by atoms with E-state index in [0.717, 1.165) is 74.1 Å². The van der Waals surface area contributed by atoms with Gasteiger partial charge in [0.2, 0.25) is 0 Å². The number of aliphatic hydroxyl groups excluding tert-OH is 1. The molecule has 6 aromatic heterocycles. The fourth-order valence-corrected chi connectivity index (χ4v) is 16.2. The van der Waals surface area contributed by atoms with Crippen molar-refractivity contribution in [2.24, 2.45) is 0 Å². The van der Waals surface area contributed by atoms with Gasteiger partial charge in [-0.05, 0) is 160 Å². The van der Waals surface area contributed by atoms with Crippen LogP contribution in [0.25, 0.3) is 98.4 Å². The number of aromatic amines is 1. The molecule has 14 aromatic rings. The topological polar surface area (TPSA) is 232 Å². The van der Waals surface area contributed by atoms with Crippen molar-refractivity contribution in [2.75, 3.05) is 7.11 Å². The molecule has 0 aliphatic rings. The van der Waals surface area contributed by atoms with Crippen LogP contribution >= 0.6 is 56.6 Å². The molecule has 0 saturated carbocycles. The molecular formula is C72H63BILiN6O10PdS5. The molecule has 25 heteroatoms. The zero-order valence-electron chi connectivity index (χ0n) is 51.5. The Labute approximate surface area is 616 Å². The Bertz CT molecular complexity index is 5240. The predicted octanol–water partition coefficient (Wildman–Crippen LogP) is 15.1. The molecule has 492 valence electrons. The summed E-state index contributed by atoms with van der Waals surface area (Å²) < 4.78 is 60.0. The van der Waals surface area contributed by atoms with Crippen molar-refractivity contribution in [3.05, 3.63) is 262 Å². The summed E-state index contributed by atoms with van der Waals surface area (Å²) in [6, 6.07) is 59.9. The van der Waals surface area contributed by atoms with E-state index >= 15 is 0 Å². The molecule has 0 spiro atoms. The van der Waals surface area contributed by atoms with Gasteiger partial charge in [0.15, 0.2) is 17.1 Å². The molecular weight excluding hydrogens is 1520 g/mol. The number of nitrogens with zero attached hydrogens (tertiary/aromatic N) is 5. The molecule has 0 radical (unpaired) electrons. The van der Waals surface area contributed by atoms with E-state index in [-0.39, 0.29) is 69.4 Å². The Morgan fingerprint density at radius 3 is 1.31 bits per heavy atom. The third kappa shape index (κ3) is 19.4. The van der Waals surface area contributed by atoms with Crippen LogP contribution in [0, 0.1) is 37.1 Å². The van der Waals surface area contributed by atoms with Crippen LogP contribution in [0.2, 0.25) is 0 Å². The maximum Gasteiger partial charge on any atom is 2.00 e. The molecule has 0 aliphatic carbocycles. The number of rotatable bonds is 7. The number of fused-ring (bicyclic) bond motifs is 6. The first-order valence-corrected chi connectivity index (χ1v) is 34.0. The van der Waals surface area contributed by atoms with Crippen LogP contribution in [0.5, 0.6) is 0 Å². The first-order chi connectivity index (χ1) is 44.3. The van der Waals surface area contributed by atoms with Gasteiger partial charge in [-0.25, -0.2) is 39.3 Å². The van der Waals surface area contributed by atoms with Crippen molar-refractivity contribution in [3.8, 4) is 20.9 Å². The molecule has 14 rings (SSSR count). The van der Waals surface area contributed by atoms with Crippen LogP contribution < -0.4 is 23.6 Å². The van der Waals surface area contributed by atoms with Crippen LogP contribution in [0.4, 0.5) is 17.1 Å². The fraction of sp³-hybridized carbons (Fsp3) is 0.0972. The van der Waals surface area contributed by atoms with Gasteiger partial charge >= 0.3 is 46.4 Å². The van der Waals surface area contributed by atoms with E-state index in [9.17, 15) is 16.8 Å². The van der Waals surface area contributed by atoms with Crippen LogP contribution in [-0.2, 0) is 50.1 Å². The van der Waals surface area contributed by atoms with Crippen LogP contribution in [-0.4, -0.2) is 77.2 Å². The second kappa shape index (κ2) is 38.1. The Morgan fingerprint density at radius 2 is 0.887 bits per heavy atom. The van der Waals surface area contributed by atoms with Gasteiger partial charge in [-0.1, -0.05) is 123 Å². The number of H-pyrrole nitrogens is 1. The summed E-state index contributed by atoms with van der Waals surface area (Å²) in [6.07, 6.45) is 8.30.